The average molecular weight is 743 g/mol. The van der Waals surface area contributed by atoms with Gasteiger partial charge in [0.05, 0.1) is 27.7 Å². The highest BCUT2D eigenvalue weighted by atomic mass is 31.2. The molecule has 0 aromatic heterocycles. The minimum Gasteiger partial charge on any atom is -0.462 e. The molecule has 0 amide bonds. The zero-order valence-electron chi connectivity index (χ0n) is 33.3. The Morgan fingerprint density at radius 1 is 0.627 bits per heavy atom. The number of likely N-dealkylation sites (N-methyl/N-ethyl adjacent to an activating group) is 1. The highest BCUT2D eigenvalue weighted by Gasteiger charge is 2.27. The van der Waals surface area contributed by atoms with Crippen LogP contribution in [0.4, 0.5) is 0 Å². The summed E-state index contributed by atoms with van der Waals surface area (Å²) in [5, 5.41) is 0. The lowest BCUT2D eigenvalue weighted by atomic mass is 10.0. The minimum atomic E-state index is -4.37. The van der Waals surface area contributed by atoms with Gasteiger partial charge in [0.2, 0.25) is 0 Å². The second kappa shape index (κ2) is 34.0. The Hall–Kier alpha value is -1.77. The van der Waals surface area contributed by atoms with E-state index < -0.39 is 26.5 Å². The largest absolute Gasteiger partial charge is 0.472 e. The predicted octanol–water partition coefficient (Wildman–Crippen LogP) is 11.0. The Kier molecular flexibility index (Phi) is 32.8. The number of allylic oxidation sites excluding steroid dienone is 6. The van der Waals surface area contributed by atoms with Gasteiger partial charge in [-0.3, -0.25) is 18.6 Å². The molecule has 51 heavy (non-hydrogen) atoms. The molecule has 0 radical (unpaired) electrons. The molecule has 0 rings (SSSR count). The van der Waals surface area contributed by atoms with Crippen LogP contribution >= 0.6 is 7.82 Å². The van der Waals surface area contributed by atoms with E-state index in [4.69, 9.17) is 18.5 Å². The summed E-state index contributed by atoms with van der Waals surface area (Å²) in [7, 11) is 1.45. The van der Waals surface area contributed by atoms with Crippen LogP contribution in [0.2, 0.25) is 0 Å². The second-order valence-corrected chi connectivity index (χ2v) is 16.1. The Balaban J connectivity index is 4.44. The number of phosphoric ester groups is 1. The van der Waals surface area contributed by atoms with Crippen molar-refractivity contribution < 1.29 is 42.1 Å². The van der Waals surface area contributed by atoms with Crippen molar-refractivity contribution in [3.05, 3.63) is 36.5 Å². The highest BCUT2D eigenvalue weighted by molar-refractivity contribution is 7.47. The monoisotopic (exact) mass is 743 g/mol. The maximum Gasteiger partial charge on any atom is 0.472 e. The molecule has 0 aliphatic rings. The number of hydrogen-bond acceptors (Lipinski definition) is 7. The Bertz CT molecular complexity index is 975. The number of unbranched alkanes of at least 4 members (excludes halogenated alkanes) is 16. The van der Waals surface area contributed by atoms with Crippen LogP contribution in [-0.4, -0.2) is 74.9 Å². The number of quaternary nitrogens is 1. The van der Waals surface area contributed by atoms with E-state index >= 15 is 0 Å². The molecule has 0 fully saturated rings. The fourth-order valence-corrected chi connectivity index (χ4v) is 6.00. The summed E-state index contributed by atoms with van der Waals surface area (Å²) >= 11 is 0. The van der Waals surface area contributed by atoms with Crippen LogP contribution in [0.15, 0.2) is 36.5 Å². The van der Waals surface area contributed by atoms with Crippen molar-refractivity contribution in [1.82, 2.24) is 0 Å². The molecule has 0 aromatic carbocycles. The number of rotatable bonds is 36. The topological polar surface area (TPSA) is 108 Å². The van der Waals surface area contributed by atoms with Crippen molar-refractivity contribution in [2.75, 3.05) is 47.5 Å². The standard InChI is InChI=1S/C41H76NO8P/c1-6-8-10-12-14-16-18-20-22-23-25-27-29-31-33-40(43)47-37-39(38-49-51(45,46)48-36-35-42(3,4)5)50-41(44)34-32-30-28-26-24-21-19-17-15-13-11-9-7-2/h9,11,15,17,21,24,39H,6-8,10,12-14,16,18-20,22-23,25-38H2,1-5H3/p+1/b11-9-,17-15-,24-21-. The molecular formula is C41H77NO8P+. The normalized spacial score (nSPS) is 14.1. The van der Waals surface area contributed by atoms with Crippen molar-refractivity contribution in [2.24, 2.45) is 0 Å². The Morgan fingerprint density at radius 2 is 1.12 bits per heavy atom. The predicted molar refractivity (Wildman–Crippen MR) is 210 cm³/mol. The third-order valence-electron chi connectivity index (χ3n) is 8.43. The number of carbonyl (C=O) groups excluding carboxylic acids is 2. The molecule has 0 aromatic rings. The molecule has 0 aliphatic heterocycles. The van der Waals surface area contributed by atoms with Gasteiger partial charge in [-0.25, -0.2) is 4.57 Å². The third-order valence-corrected chi connectivity index (χ3v) is 9.42. The van der Waals surface area contributed by atoms with Crippen molar-refractivity contribution in [3.8, 4) is 0 Å². The summed E-state index contributed by atoms with van der Waals surface area (Å²) in [5.41, 5.74) is 0. The zero-order valence-corrected chi connectivity index (χ0v) is 34.2. The van der Waals surface area contributed by atoms with E-state index in [2.05, 4.69) is 50.3 Å². The quantitative estimate of drug-likeness (QED) is 0.0222. The van der Waals surface area contributed by atoms with Gasteiger partial charge in [-0.15, -0.1) is 0 Å². The molecule has 0 saturated carbocycles. The second-order valence-electron chi connectivity index (χ2n) is 14.6. The molecule has 1 N–H and O–H groups in total. The fraction of sp³-hybridized carbons (Fsp3) is 0.805. The summed E-state index contributed by atoms with van der Waals surface area (Å²) in [4.78, 5) is 35.2. The first kappa shape index (κ1) is 49.2. The van der Waals surface area contributed by atoms with E-state index in [0.717, 1.165) is 57.8 Å². The van der Waals surface area contributed by atoms with Crippen LogP contribution in [-0.2, 0) is 32.7 Å². The van der Waals surface area contributed by atoms with Crippen molar-refractivity contribution >= 4 is 19.8 Å². The van der Waals surface area contributed by atoms with Crippen LogP contribution in [0.25, 0.3) is 0 Å². The lowest BCUT2D eigenvalue weighted by Gasteiger charge is -2.24. The zero-order chi connectivity index (χ0) is 37.9. The van der Waals surface area contributed by atoms with Gasteiger partial charge in [0, 0.05) is 12.8 Å². The van der Waals surface area contributed by atoms with E-state index in [1.165, 1.54) is 70.6 Å². The highest BCUT2D eigenvalue weighted by Crippen LogP contribution is 2.43. The summed E-state index contributed by atoms with van der Waals surface area (Å²) in [5.74, 6) is -0.832. The van der Waals surface area contributed by atoms with Gasteiger partial charge >= 0.3 is 19.8 Å². The molecule has 0 spiro atoms. The lowest BCUT2D eigenvalue weighted by molar-refractivity contribution is -0.870. The van der Waals surface area contributed by atoms with Crippen LogP contribution in [0, 0.1) is 0 Å². The molecule has 0 bridgehead atoms. The van der Waals surface area contributed by atoms with Gasteiger partial charge in [0.15, 0.2) is 6.10 Å². The molecule has 2 unspecified atom stereocenters. The molecule has 9 nitrogen and oxygen atoms in total. The van der Waals surface area contributed by atoms with Crippen molar-refractivity contribution in [2.45, 2.75) is 168 Å². The maximum atomic E-state index is 12.6. The average Bonchev–Trinajstić information content (AvgIpc) is 3.07. The smallest absolute Gasteiger partial charge is 0.462 e. The van der Waals surface area contributed by atoms with Gasteiger partial charge in [0.25, 0.3) is 0 Å². The van der Waals surface area contributed by atoms with E-state index in [9.17, 15) is 19.0 Å². The number of nitrogens with zero attached hydrogens (tertiary/aromatic N) is 1. The van der Waals surface area contributed by atoms with Crippen LogP contribution in [0.5, 0.6) is 0 Å². The number of esters is 2. The molecule has 10 heteroatoms. The molecule has 2 atom stereocenters. The fourth-order valence-electron chi connectivity index (χ4n) is 5.26. The molecule has 0 aliphatic carbocycles. The van der Waals surface area contributed by atoms with E-state index in [-0.39, 0.29) is 32.0 Å². The number of hydrogen-bond donors (Lipinski definition) is 1. The van der Waals surface area contributed by atoms with Gasteiger partial charge < -0.3 is 18.9 Å². The summed E-state index contributed by atoms with van der Waals surface area (Å²) in [6, 6.07) is 0. The van der Waals surface area contributed by atoms with Gasteiger partial charge in [0.1, 0.15) is 19.8 Å². The van der Waals surface area contributed by atoms with Gasteiger partial charge in [-0.2, -0.15) is 0 Å². The van der Waals surface area contributed by atoms with E-state index in [0.29, 0.717) is 17.4 Å². The summed E-state index contributed by atoms with van der Waals surface area (Å²) < 4.78 is 34.2. The molecule has 0 saturated heterocycles. The third kappa shape index (κ3) is 37.8. The molecule has 0 heterocycles. The first-order valence-corrected chi connectivity index (χ1v) is 21.7. The summed E-state index contributed by atoms with van der Waals surface area (Å²) in [6.45, 7) is 4.26. The summed E-state index contributed by atoms with van der Waals surface area (Å²) in [6.07, 6.45) is 36.2. The SMILES string of the molecule is CC/C=C\C/C=C\C/C=C\CCCCCC(=O)OC(COC(=O)CCCCCCCCCCCCCCCC)COP(=O)(O)OCC[N+](C)(C)C. The first-order chi connectivity index (χ1) is 24.5. The van der Waals surface area contributed by atoms with Crippen molar-refractivity contribution in [3.63, 3.8) is 0 Å². The first-order valence-electron chi connectivity index (χ1n) is 20.2. The number of ether oxygens (including phenoxy) is 2. The van der Waals surface area contributed by atoms with Crippen LogP contribution in [0.3, 0.4) is 0 Å². The maximum absolute atomic E-state index is 12.6. The Labute approximate surface area is 312 Å². The molecule has 298 valence electrons. The van der Waals surface area contributed by atoms with Gasteiger partial charge in [-0.1, -0.05) is 140 Å². The Morgan fingerprint density at radius 3 is 1.67 bits per heavy atom. The minimum absolute atomic E-state index is 0.0262. The van der Waals surface area contributed by atoms with E-state index in [1.54, 1.807) is 0 Å². The number of carbonyl (C=O) groups is 2. The van der Waals surface area contributed by atoms with Crippen molar-refractivity contribution in [1.29, 1.82) is 0 Å². The molecular weight excluding hydrogens is 665 g/mol. The van der Waals surface area contributed by atoms with Gasteiger partial charge in [-0.05, 0) is 44.9 Å². The number of phosphoric acid groups is 1. The van der Waals surface area contributed by atoms with E-state index in [1.807, 2.05) is 21.1 Å². The van der Waals surface area contributed by atoms with Crippen LogP contribution in [0.1, 0.15) is 162 Å². The lowest BCUT2D eigenvalue weighted by Crippen LogP contribution is -2.37. The van der Waals surface area contributed by atoms with Crippen LogP contribution < -0.4 is 0 Å².